The number of ether oxygens (including phenoxy) is 1. The number of hydrogen-bond acceptors (Lipinski definition) is 6. The predicted octanol–water partition coefficient (Wildman–Crippen LogP) is -0.984. The number of quaternary nitrogens is 1. The Morgan fingerprint density at radius 2 is 1.84 bits per heavy atom. The second-order valence-corrected chi connectivity index (χ2v) is 10.5. The highest BCUT2D eigenvalue weighted by Gasteiger charge is 2.47. The Balaban J connectivity index is 1.28. The predicted molar refractivity (Wildman–Crippen MR) is 122 cm³/mol. The van der Waals surface area contributed by atoms with Crippen LogP contribution >= 0.6 is 11.6 Å². The highest BCUT2D eigenvalue weighted by molar-refractivity contribution is 6.20. The van der Waals surface area contributed by atoms with E-state index in [2.05, 4.69) is 25.8 Å². The van der Waals surface area contributed by atoms with Gasteiger partial charge in [0.25, 0.3) is 0 Å². The van der Waals surface area contributed by atoms with Crippen molar-refractivity contribution in [1.29, 1.82) is 0 Å². The molecule has 0 aromatic carbocycles. The van der Waals surface area contributed by atoms with Crippen LogP contribution in [0.4, 0.5) is 4.79 Å². The lowest BCUT2D eigenvalue weighted by molar-refractivity contribution is -0.717. The Kier molecular flexibility index (Phi) is 8.89. The number of aliphatic hydroxyl groups is 2. The molecule has 3 saturated heterocycles. The van der Waals surface area contributed by atoms with Gasteiger partial charge in [-0.3, -0.25) is 9.80 Å². The summed E-state index contributed by atoms with van der Waals surface area (Å²) in [6.07, 6.45) is 6.48. The topological polar surface area (TPSA) is 114 Å². The summed E-state index contributed by atoms with van der Waals surface area (Å²) < 4.78 is 5.96. The quantitative estimate of drug-likeness (QED) is 0.316. The highest BCUT2D eigenvalue weighted by Crippen LogP contribution is 2.27. The Morgan fingerprint density at radius 3 is 2.53 bits per heavy atom. The van der Waals surface area contributed by atoms with E-state index in [1.54, 1.807) is 0 Å². The number of carbonyl (C=O) groups excluding carboxylic acids is 1. The number of hydrogen-bond donors (Lipinski definition) is 5. The first-order valence-electron chi connectivity index (χ1n) is 12.5. The van der Waals surface area contributed by atoms with E-state index in [1.807, 2.05) is 0 Å². The van der Waals surface area contributed by atoms with Crippen molar-refractivity contribution in [3.63, 3.8) is 0 Å². The molecule has 2 amide bonds. The maximum absolute atomic E-state index is 12.5. The Bertz CT molecular complexity index is 603. The van der Waals surface area contributed by atoms with Crippen LogP contribution in [0.5, 0.6) is 0 Å². The molecule has 9 nitrogen and oxygen atoms in total. The van der Waals surface area contributed by atoms with Gasteiger partial charge in [0.1, 0.15) is 18.4 Å². The van der Waals surface area contributed by atoms with Crippen molar-refractivity contribution >= 4 is 17.6 Å². The van der Waals surface area contributed by atoms with Gasteiger partial charge in [-0.15, -0.1) is 11.6 Å². The van der Waals surface area contributed by atoms with E-state index in [4.69, 9.17) is 16.3 Å². The van der Waals surface area contributed by atoms with E-state index >= 15 is 0 Å². The van der Waals surface area contributed by atoms with Crippen molar-refractivity contribution in [1.82, 2.24) is 20.4 Å². The van der Waals surface area contributed by atoms with Gasteiger partial charge in [-0.05, 0) is 38.5 Å². The van der Waals surface area contributed by atoms with Crippen LogP contribution in [0, 0.1) is 0 Å². The number of rotatable bonds is 6. The third-order valence-electron chi connectivity index (χ3n) is 7.68. The first-order valence-corrected chi connectivity index (χ1v) is 12.9. The van der Waals surface area contributed by atoms with Gasteiger partial charge >= 0.3 is 6.03 Å². The number of piperidine rings is 1. The summed E-state index contributed by atoms with van der Waals surface area (Å²) in [5.41, 5.74) is 0. The number of alkyl halides is 1. The van der Waals surface area contributed by atoms with E-state index in [0.717, 1.165) is 51.9 Å². The summed E-state index contributed by atoms with van der Waals surface area (Å²) in [5.74, 6) is 0. The molecule has 10 heteroatoms. The molecule has 0 radical (unpaired) electrons. The van der Waals surface area contributed by atoms with Crippen molar-refractivity contribution in [3.05, 3.63) is 0 Å². The van der Waals surface area contributed by atoms with Gasteiger partial charge in [0.05, 0.1) is 25.3 Å². The summed E-state index contributed by atoms with van der Waals surface area (Å²) in [4.78, 5) is 17.3. The van der Waals surface area contributed by atoms with Gasteiger partial charge in [0.15, 0.2) is 0 Å². The molecular weight excluding hydrogens is 434 g/mol. The third kappa shape index (κ3) is 6.05. The summed E-state index contributed by atoms with van der Waals surface area (Å²) >= 11 is 6.23. The second kappa shape index (κ2) is 11.6. The maximum Gasteiger partial charge on any atom is 0.315 e. The normalized spacial score (nSPS) is 39.7. The van der Waals surface area contributed by atoms with Crippen LogP contribution in [0.2, 0.25) is 0 Å². The maximum atomic E-state index is 12.5. The molecule has 0 spiro atoms. The molecule has 4 fully saturated rings. The van der Waals surface area contributed by atoms with Crippen LogP contribution < -0.4 is 16.0 Å². The van der Waals surface area contributed by atoms with Crippen molar-refractivity contribution in [2.24, 2.45) is 0 Å². The van der Waals surface area contributed by atoms with E-state index in [9.17, 15) is 15.0 Å². The minimum absolute atomic E-state index is 0.104. The number of aliphatic hydroxyl groups excluding tert-OH is 2. The minimum atomic E-state index is -0.766. The molecule has 0 aromatic heterocycles. The largest absolute Gasteiger partial charge is 0.394 e. The van der Waals surface area contributed by atoms with Gasteiger partial charge in [-0.1, -0.05) is 0 Å². The summed E-state index contributed by atoms with van der Waals surface area (Å²) in [6, 6.07) is -0.346. The Hall–Kier alpha value is -0.680. The molecule has 4 aliphatic rings. The highest BCUT2D eigenvalue weighted by atomic mass is 35.5. The first-order chi connectivity index (χ1) is 15.5. The number of nitrogens with zero attached hydrogens (tertiary/aromatic N) is 2. The second-order valence-electron chi connectivity index (χ2n) is 9.85. The van der Waals surface area contributed by atoms with Crippen LogP contribution in [0.15, 0.2) is 0 Å². The average molecular weight is 475 g/mol. The molecule has 1 saturated carbocycles. The number of urea groups is 1. The van der Waals surface area contributed by atoms with Gasteiger partial charge in [0.2, 0.25) is 0 Å². The molecular formula is C22H41ClN5O4+. The fraction of sp³-hybridized carbons (Fsp3) is 0.955. The fourth-order valence-corrected chi connectivity index (χ4v) is 6.28. The zero-order valence-corrected chi connectivity index (χ0v) is 19.8. The molecule has 184 valence electrons. The number of carbonyl (C=O) groups is 1. The third-order valence-corrected chi connectivity index (χ3v) is 8.08. The summed E-state index contributed by atoms with van der Waals surface area (Å²) in [7, 11) is 0. The zero-order chi connectivity index (χ0) is 22.5. The fourth-order valence-electron chi connectivity index (χ4n) is 5.91. The van der Waals surface area contributed by atoms with Gasteiger partial charge in [0, 0.05) is 50.6 Å². The summed E-state index contributed by atoms with van der Waals surface area (Å²) in [5, 5.41) is 29.1. The van der Waals surface area contributed by atoms with Crippen LogP contribution in [-0.4, -0.2) is 114 Å². The number of piperazine rings is 1. The van der Waals surface area contributed by atoms with E-state index in [-0.39, 0.29) is 36.2 Å². The average Bonchev–Trinajstić information content (AvgIpc) is 3.13. The number of nitrogens with two attached hydrogens (primary N) is 1. The monoisotopic (exact) mass is 474 g/mol. The lowest BCUT2D eigenvalue weighted by Gasteiger charge is -2.42. The van der Waals surface area contributed by atoms with Crippen LogP contribution in [-0.2, 0) is 4.74 Å². The zero-order valence-electron chi connectivity index (χ0n) is 19.0. The Morgan fingerprint density at radius 1 is 1.06 bits per heavy atom. The number of amides is 2. The lowest BCUT2D eigenvalue weighted by atomic mass is 9.95. The van der Waals surface area contributed by atoms with Crippen molar-refractivity contribution in [2.75, 3.05) is 45.9 Å². The summed E-state index contributed by atoms with van der Waals surface area (Å²) in [6.45, 7) is 4.94. The molecule has 6 N–H and O–H groups in total. The van der Waals surface area contributed by atoms with Gasteiger partial charge < -0.3 is 30.9 Å². The van der Waals surface area contributed by atoms with Crippen molar-refractivity contribution in [3.8, 4) is 0 Å². The van der Waals surface area contributed by atoms with Gasteiger partial charge in [-0.25, -0.2) is 4.79 Å². The molecule has 7 unspecified atom stereocenters. The van der Waals surface area contributed by atoms with Crippen LogP contribution in [0.1, 0.15) is 44.9 Å². The van der Waals surface area contributed by atoms with Crippen molar-refractivity contribution < 1.29 is 25.1 Å². The van der Waals surface area contributed by atoms with Crippen LogP contribution in [0.25, 0.3) is 0 Å². The van der Waals surface area contributed by atoms with Gasteiger partial charge in [-0.2, -0.15) is 0 Å². The molecule has 4 rings (SSSR count). The standard InChI is InChI=1S/C22H40ClN5O4/c23-15-4-3-5-16(12-15)26-22(31)25-13-17-20(21(30)18(14-29)32-17)28-10-8-27(9-11-28)19-6-1-2-7-24-19/h15-21,24,29-30H,1-14H2,(H2,25,26,31)/p+1. The van der Waals surface area contributed by atoms with Crippen LogP contribution in [0.3, 0.4) is 0 Å². The SMILES string of the molecule is O=C(NCC1OC(CO)C(O)C1N1CCN(C2CCCC[NH2+]2)CC1)NC1CCCC(Cl)C1. The number of halogens is 1. The molecule has 0 aromatic rings. The van der Waals surface area contributed by atoms with E-state index < -0.39 is 12.2 Å². The number of nitrogens with one attached hydrogen (secondary N) is 2. The lowest BCUT2D eigenvalue weighted by Crippen LogP contribution is -2.95. The first kappa shape index (κ1) is 24.4. The molecule has 3 heterocycles. The molecule has 1 aliphatic carbocycles. The van der Waals surface area contributed by atoms with Crippen molar-refractivity contribution in [2.45, 2.75) is 86.9 Å². The molecule has 3 aliphatic heterocycles. The molecule has 7 atom stereocenters. The van der Waals surface area contributed by atoms with E-state index in [0.29, 0.717) is 12.7 Å². The smallest absolute Gasteiger partial charge is 0.315 e. The Labute approximate surface area is 196 Å². The molecule has 0 bridgehead atoms. The molecule has 32 heavy (non-hydrogen) atoms. The minimum Gasteiger partial charge on any atom is -0.394 e. The van der Waals surface area contributed by atoms with E-state index in [1.165, 1.54) is 25.8 Å².